The first-order valence-electron chi connectivity index (χ1n) is 13.7. The maximum Gasteiger partial charge on any atom is 0.320 e. The van der Waals surface area contributed by atoms with E-state index in [-0.39, 0.29) is 0 Å². The van der Waals surface area contributed by atoms with E-state index in [0.717, 1.165) is 64.0 Å². The Kier molecular flexibility index (Phi) is 10.2. The molecule has 0 unspecified atom stereocenters. The molecule has 3 fully saturated rings. The van der Waals surface area contributed by atoms with Crippen molar-refractivity contribution in [2.75, 3.05) is 62.9 Å². The topological polar surface area (TPSA) is 75.1 Å². The van der Waals surface area contributed by atoms with Crippen LogP contribution in [0.5, 0.6) is 6.01 Å². The van der Waals surface area contributed by atoms with Crippen molar-refractivity contribution in [3.63, 3.8) is 0 Å². The van der Waals surface area contributed by atoms with Gasteiger partial charge >= 0.3 is 6.01 Å². The summed E-state index contributed by atoms with van der Waals surface area (Å²) in [7, 11) is 0. The van der Waals surface area contributed by atoms with Crippen molar-refractivity contribution >= 4 is 17.3 Å². The summed E-state index contributed by atoms with van der Waals surface area (Å²) in [6.07, 6.45) is 13.8. The quantitative estimate of drug-likeness (QED) is 0.369. The van der Waals surface area contributed by atoms with Gasteiger partial charge in [0.05, 0.1) is 13.2 Å². The molecule has 0 aromatic carbocycles. The van der Waals surface area contributed by atoms with Crippen LogP contribution >= 0.6 is 0 Å². The van der Waals surface area contributed by atoms with E-state index in [1.54, 1.807) is 0 Å². The lowest BCUT2D eigenvalue weighted by Gasteiger charge is -2.28. The number of rotatable bonds is 11. The molecule has 1 saturated carbocycles. The number of nitrogens with zero attached hydrogens (tertiary/aromatic N) is 5. The zero-order valence-electron chi connectivity index (χ0n) is 21.1. The molecule has 8 nitrogen and oxygen atoms in total. The SMILES string of the molecule is CCCCC[C@H]1CCCC/C1=N\Nc1cc(N2CCCCC2)nc(OCCN2CCOCC2)n1. The highest BCUT2D eigenvalue weighted by molar-refractivity contribution is 5.88. The number of hydrazone groups is 1. The minimum absolute atomic E-state index is 0.446. The number of morpholine rings is 1. The molecule has 0 radical (unpaired) electrons. The number of aromatic nitrogens is 2. The summed E-state index contributed by atoms with van der Waals surface area (Å²) in [5.41, 5.74) is 4.61. The van der Waals surface area contributed by atoms with Crippen LogP contribution in [0.2, 0.25) is 0 Å². The molecule has 0 bridgehead atoms. The molecule has 190 valence electrons. The van der Waals surface area contributed by atoms with Crippen LogP contribution in [0.4, 0.5) is 11.6 Å². The average molecular weight is 473 g/mol. The third kappa shape index (κ3) is 7.80. The standard InChI is InChI=1S/C26H44N6O2/c1-2-3-5-10-22-11-6-7-12-23(22)29-30-24-21-25(32-13-8-4-9-14-32)28-26(27-24)34-20-17-31-15-18-33-19-16-31/h21-22H,2-20H2,1H3,(H,27,28,30)/b29-23+/t22-/m0/s1. The molecule has 1 atom stereocenters. The van der Waals surface area contributed by atoms with Crippen LogP contribution in [0.15, 0.2) is 11.2 Å². The molecule has 0 amide bonds. The molecule has 3 heterocycles. The van der Waals surface area contributed by atoms with Crippen molar-refractivity contribution in [2.45, 2.75) is 77.6 Å². The molecule has 8 heteroatoms. The Morgan fingerprint density at radius 3 is 2.74 bits per heavy atom. The van der Waals surface area contributed by atoms with Gasteiger partial charge in [0.1, 0.15) is 12.4 Å². The van der Waals surface area contributed by atoms with Gasteiger partial charge in [-0.2, -0.15) is 15.1 Å². The van der Waals surface area contributed by atoms with Gasteiger partial charge in [-0.3, -0.25) is 10.3 Å². The van der Waals surface area contributed by atoms with Crippen LogP contribution in [0, 0.1) is 5.92 Å². The molecule has 3 aliphatic rings. The highest BCUT2D eigenvalue weighted by atomic mass is 16.5. The van der Waals surface area contributed by atoms with E-state index >= 15 is 0 Å². The second-order valence-electron chi connectivity index (χ2n) is 9.90. The molecule has 2 aliphatic heterocycles. The van der Waals surface area contributed by atoms with Gasteiger partial charge in [-0.25, -0.2) is 0 Å². The summed E-state index contributed by atoms with van der Waals surface area (Å²) in [5, 5.41) is 4.87. The summed E-state index contributed by atoms with van der Waals surface area (Å²) in [6, 6.07) is 2.49. The molecule has 1 aromatic rings. The molecule has 0 spiro atoms. The van der Waals surface area contributed by atoms with Crippen LogP contribution in [-0.4, -0.2) is 73.1 Å². The van der Waals surface area contributed by atoms with E-state index in [4.69, 9.17) is 19.6 Å². The predicted molar refractivity (Wildman–Crippen MR) is 138 cm³/mol. The lowest BCUT2D eigenvalue weighted by molar-refractivity contribution is 0.0317. The normalized spacial score (nSPS) is 23.3. The van der Waals surface area contributed by atoms with Crippen LogP contribution < -0.4 is 15.1 Å². The fourth-order valence-electron chi connectivity index (χ4n) is 5.21. The van der Waals surface area contributed by atoms with E-state index in [0.29, 0.717) is 18.5 Å². The summed E-state index contributed by atoms with van der Waals surface area (Å²) in [5.74, 6) is 2.30. The van der Waals surface area contributed by atoms with E-state index in [9.17, 15) is 0 Å². The fraction of sp³-hybridized carbons (Fsp3) is 0.808. The molecular weight excluding hydrogens is 428 g/mol. The number of ether oxygens (including phenoxy) is 2. The van der Waals surface area contributed by atoms with Crippen molar-refractivity contribution in [1.82, 2.24) is 14.9 Å². The molecular formula is C26H44N6O2. The number of piperidine rings is 1. The van der Waals surface area contributed by atoms with Gasteiger partial charge in [-0.1, -0.05) is 32.6 Å². The van der Waals surface area contributed by atoms with Crippen molar-refractivity contribution in [3.05, 3.63) is 6.07 Å². The summed E-state index contributed by atoms with van der Waals surface area (Å²) in [6.45, 7) is 9.32. The van der Waals surface area contributed by atoms with E-state index in [1.165, 1.54) is 69.9 Å². The Morgan fingerprint density at radius 2 is 1.91 bits per heavy atom. The Hall–Kier alpha value is -1.93. The Morgan fingerprint density at radius 1 is 1.06 bits per heavy atom. The zero-order valence-corrected chi connectivity index (χ0v) is 21.1. The third-order valence-electron chi connectivity index (χ3n) is 7.29. The smallest absolute Gasteiger partial charge is 0.320 e. The van der Waals surface area contributed by atoms with E-state index < -0.39 is 0 Å². The maximum atomic E-state index is 6.04. The predicted octanol–water partition coefficient (Wildman–Crippen LogP) is 4.72. The molecule has 4 rings (SSSR count). The van der Waals surface area contributed by atoms with Crippen LogP contribution in [0.1, 0.15) is 77.6 Å². The Bertz CT molecular complexity index is 762. The second-order valence-corrected chi connectivity index (χ2v) is 9.90. The van der Waals surface area contributed by atoms with Crippen molar-refractivity contribution in [2.24, 2.45) is 11.0 Å². The lowest BCUT2D eigenvalue weighted by Crippen LogP contribution is -2.38. The first-order chi connectivity index (χ1) is 16.8. The molecule has 1 N–H and O–H groups in total. The van der Waals surface area contributed by atoms with Gasteiger partial charge in [0, 0.05) is 44.5 Å². The first-order valence-corrected chi connectivity index (χ1v) is 13.7. The van der Waals surface area contributed by atoms with Gasteiger partial charge < -0.3 is 14.4 Å². The van der Waals surface area contributed by atoms with Crippen LogP contribution in [-0.2, 0) is 4.74 Å². The van der Waals surface area contributed by atoms with Crippen molar-refractivity contribution in [1.29, 1.82) is 0 Å². The van der Waals surface area contributed by atoms with Gasteiger partial charge in [0.2, 0.25) is 0 Å². The average Bonchev–Trinajstić information content (AvgIpc) is 2.89. The van der Waals surface area contributed by atoms with Crippen molar-refractivity contribution in [3.8, 4) is 6.01 Å². The van der Waals surface area contributed by atoms with Gasteiger partial charge in [0.15, 0.2) is 5.82 Å². The Balaban J connectivity index is 1.42. The largest absolute Gasteiger partial charge is 0.462 e. The van der Waals surface area contributed by atoms with Gasteiger partial charge in [-0.05, 0) is 50.9 Å². The minimum atomic E-state index is 0.446. The highest BCUT2D eigenvalue weighted by Crippen LogP contribution is 2.27. The number of hydrogen-bond donors (Lipinski definition) is 1. The Labute approximate surface area is 205 Å². The summed E-state index contributed by atoms with van der Waals surface area (Å²) >= 11 is 0. The highest BCUT2D eigenvalue weighted by Gasteiger charge is 2.21. The summed E-state index contributed by atoms with van der Waals surface area (Å²) < 4.78 is 11.5. The van der Waals surface area contributed by atoms with Crippen LogP contribution in [0.25, 0.3) is 0 Å². The fourth-order valence-corrected chi connectivity index (χ4v) is 5.21. The molecule has 1 aromatic heterocycles. The number of unbranched alkanes of at least 4 members (excludes halogenated alkanes) is 2. The van der Waals surface area contributed by atoms with E-state index in [1.807, 2.05) is 6.07 Å². The first kappa shape index (κ1) is 25.2. The van der Waals surface area contributed by atoms with Gasteiger partial charge in [0.25, 0.3) is 0 Å². The number of nitrogens with one attached hydrogen (secondary N) is 1. The van der Waals surface area contributed by atoms with Crippen molar-refractivity contribution < 1.29 is 9.47 Å². The number of hydrogen-bond acceptors (Lipinski definition) is 8. The monoisotopic (exact) mass is 472 g/mol. The lowest BCUT2D eigenvalue weighted by atomic mass is 9.84. The molecule has 34 heavy (non-hydrogen) atoms. The molecule has 2 saturated heterocycles. The maximum absolute atomic E-state index is 6.04. The van der Waals surface area contributed by atoms with E-state index in [2.05, 4.69) is 27.1 Å². The number of anilines is 2. The second kappa shape index (κ2) is 13.8. The third-order valence-corrected chi connectivity index (χ3v) is 7.29. The zero-order chi connectivity index (χ0) is 23.4. The summed E-state index contributed by atoms with van der Waals surface area (Å²) in [4.78, 5) is 14.2. The minimum Gasteiger partial charge on any atom is -0.462 e. The van der Waals surface area contributed by atoms with Gasteiger partial charge in [-0.15, -0.1) is 0 Å². The van der Waals surface area contributed by atoms with Crippen LogP contribution in [0.3, 0.4) is 0 Å². The molecule has 1 aliphatic carbocycles.